The van der Waals surface area contributed by atoms with E-state index in [1.54, 1.807) is 6.92 Å². The van der Waals surface area contributed by atoms with Gasteiger partial charge in [-0.3, -0.25) is 4.79 Å². The fraction of sp³-hybridized carbons (Fsp3) is 0.643. The van der Waals surface area contributed by atoms with E-state index in [0.717, 1.165) is 32.6 Å². The largest absolute Gasteiger partial charge is 0.461 e. The lowest BCUT2D eigenvalue weighted by Gasteiger charge is -2.21. The highest BCUT2D eigenvalue weighted by atomic mass is 32.1. The molecule has 6 nitrogen and oxygen atoms in total. The van der Waals surface area contributed by atoms with Crippen LogP contribution in [0.15, 0.2) is 0 Å². The molecule has 0 bridgehead atoms. The molecule has 1 atom stereocenters. The van der Waals surface area contributed by atoms with Crippen LogP contribution in [0.1, 0.15) is 46.8 Å². The third kappa shape index (κ3) is 4.25. The number of aromatic nitrogens is 1. The van der Waals surface area contributed by atoms with Gasteiger partial charge in [-0.05, 0) is 25.7 Å². The number of ether oxygens (including phenoxy) is 2. The lowest BCUT2D eigenvalue weighted by molar-refractivity contribution is 0.0517. The predicted octanol–water partition coefficient (Wildman–Crippen LogP) is 2.36. The highest BCUT2D eigenvalue weighted by Gasteiger charge is 2.23. The van der Waals surface area contributed by atoms with Crippen molar-refractivity contribution in [2.24, 2.45) is 5.92 Å². The van der Waals surface area contributed by atoms with Crippen molar-refractivity contribution in [3.05, 3.63) is 10.6 Å². The van der Waals surface area contributed by atoms with E-state index < -0.39 is 5.97 Å². The zero-order valence-electron chi connectivity index (χ0n) is 12.3. The molecule has 2 heterocycles. The number of hydrogen-bond donors (Lipinski definition) is 1. The molecule has 0 amide bonds. The normalized spacial score (nSPS) is 18.3. The topological polar surface area (TPSA) is 77.5 Å². The van der Waals surface area contributed by atoms with Crippen LogP contribution in [0.4, 0.5) is 5.13 Å². The van der Waals surface area contributed by atoms with Crippen molar-refractivity contribution in [3.8, 4) is 0 Å². The van der Waals surface area contributed by atoms with Crippen molar-refractivity contribution in [2.45, 2.75) is 26.7 Å². The van der Waals surface area contributed by atoms with Gasteiger partial charge >= 0.3 is 5.97 Å². The standard InChI is InChI=1S/C14H20N2O4S/c1-3-20-13(18)11-12(9(2)17)21-14(16-11)15-7-10-5-4-6-19-8-10/h10H,3-8H2,1-2H3,(H,15,16). The van der Waals surface area contributed by atoms with Crippen LogP contribution in [0.5, 0.6) is 0 Å². The number of thiazole rings is 1. The lowest BCUT2D eigenvalue weighted by atomic mass is 10.0. The van der Waals surface area contributed by atoms with Crippen molar-refractivity contribution >= 4 is 28.2 Å². The minimum absolute atomic E-state index is 0.108. The van der Waals surface area contributed by atoms with Gasteiger partial charge in [0, 0.05) is 20.1 Å². The van der Waals surface area contributed by atoms with Crippen molar-refractivity contribution in [3.63, 3.8) is 0 Å². The number of nitrogens with zero attached hydrogens (tertiary/aromatic N) is 1. The van der Waals surface area contributed by atoms with E-state index in [1.165, 1.54) is 18.3 Å². The maximum atomic E-state index is 11.8. The summed E-state index contributed by atoms with van der Waals surface area (Å²) in [6.07, 6.45) is 2.18. The first kappa shape index (κ1) is 15.9. The van der Waals surface area contributed by atoms with Crippen LogP contribution in [0.25, 0.3) is 0 Å². The molecule has 7 heteroatoms. The van der Waals surface area contributed by atoms with Gasteiger partial charge < -0.3 is 14.8 Å². The molecule has 0 aliphatic carbocycles. The first-order valence-corrected chi connectivity index (χ1v) is 7.94. The number of esters is 1. The molecule has 2 rings (SSSR count). The zero-order chi connectivity index (χ0) is 15.2. The van der Waals surface area contributed by atoms with Crippen molar-refractivity contribution < 1.29 is 19.1 Å². The minimum atomic E-state index is -0.548. The predicted molar refractivity (Wildman–Crippen MR) is 80.1 cm³/mol. The number of Topliss-reactive ketones (excluding diaryl/α,β-unsaturated/α-hetero) is 1. The van der Waals surface area contributed by atoms with E-state index in [4.69, 9.17) is 9.47 Å². The van der Waals surface area contributed by atoms with E-state index >= 15 is 0 Å². The van der Waals surface area contributed by atoms with Gasteiger partial charge in [-0.1, -0.05) is 11.3 Å². The molecule has 1 N–H and O–H groups in total. The smallest absolute Gasteiger partial charge is 0.358 e. The number of hydrogen-bond acceptors (Lipinski definition) is 7. The van der Waals surface area contributed by atoms with E-state index in [2.05, 4.69) is 10.3 Å². The van der Waals surface area contributed by atoms with E-state index in [1.807, 2.05) is 0 Å². The molecule has 21 heavy (non-hydrogen) atoms. The second-order valence-electron chi connectivity index (χ2n) is 4.94. The summed E-state index contributed by atoms with van der Waals surface area (Å²) in [5.41, 5.74) is 0.108. The lowest BCUT2D eigenvalue weighted by Crippen LogP contribution is -2.24. The average Bonchev–Trinajstić information content (AvgIpc) is 2.91. The molecule has 116 valence electrons. The van der Waals surface area contributed by atoms with Crippen LogP contribution < -0.4 is 5.32 Å². The molecule has 1 aromatic heterocycles. The van der Waals surface area contributed by atoms with Gasteiger partial charge in [0.15, 0.2) is 16.6 Å². The Bertz CT molecular complexity index is 509. The molecule has 0 spiro atoms. The zero-order valence-corrected chi connectivity index (χ0v) is 13.1. The summed E-state index contributed by atoms with van der Waals surface area (Å²) >= 11 is 1.20. The second-order valence-corrected chi connectivity index (χ2v) is 5.94. The van der Waals surface area contributed by atoms with Gasteiger partial charge in [-0.2, -0.15) is 0 Å². The van der Waals surface area contributed by atoms with Crippen LogP contribution in [-0.4, -0.2) is 43.1 Å². The number of anilines is 1. The second kappa shape index (κ2) is 7.51. The summed E-state index contributed by atoms with van der Waals surface area (Å²) < 4.78 is 10.4. The number of nitrogens with one attached hydrogen (secondary N) is 1. The van der Waals surface area contributed by atoms with Crippen molar-refractivity contribution in [1.82, 2.24) is 4.98 Å². The van der Waals surface area contributed by atoms with Gasteiger partial charge in [-0.25, -0.2) is 9.78 Å². The fourth-order valence-electron chi connectivity index (χ4n) is 2.17. The van der Waals surface area contributed by atoms with Crippen LogP contribution in [0.2, 0.25) is 0 Å². The molecular formula is C14H20N2O4S. The Kier molecular flexibility index (Phi) is 5.69. The molecule has 0 saturated carbocycles. The Balaban J connectivity index is 2.04. The maximum Gasteiger partial charge on any atom is 0.358 e. The minimum Gasteiger partial charge on any atom is -0.461 e. The van der Waals surface area contributed by atoms with E-state index in [0.29, 0.717) is 15.9 Å². The van der Waals surface area contributed by atoms with Crippen LogP contribution in [-0.2, 0) is 9.47 Å². The highest BCUT2D eigenvalue weighted by Crippen LogP contribution is 2.25. The molecule has 0 radical (unpaired) electrons. The highest BCUT2D eigenvalue weighted by molar-refractivity contribution is 7.17. The summed E-state index contributed by atoms with van der Waals surface area (Å²) in [6, 6.07) is 0. The first-order valence-electron chi connectivity index (χ1n) is 7.12. The molecule has 1 fully saturated rings. The number of carbonyl (C=O) groups excluding carboxylic acids is 2. The Morgan fingerprint density at radius 2 is 2.33 bits per heavy atom. The first-order chi connectivity index (χ1) is 10.1. The molecule has 1 saturated heterocycles. The van der Waals surface area contributed by atoms with Gasteiger partial charge in [0.2, 0.25) is 0 Å². The SMILES string of the molecule is CCOC(=O)c1nc(NCC2CCCOC2)sc1C(C)=O. The molecule has 1 aliphatic rings. The summed E-state index contributed by atoms with van der Waals surface area (Å²) in [5, 5.41) is 3.77. The van der Waals surface area contributed by atoms with Crippen LogP contribution in [0, 0.1) is 5.92 Å². The van der Waals surface area contributed by atoms with Gasteiger partial charge in [0.25, 0.3) is 0 Å². The van der Waals surface area contributed by atoms with Crippen molar-refractivity contribution in [2.75, 3.05) is 31.7 Å². The summed E-state index contributed by atoms with van der Waals surface area (Å²) in [4.78, 5) is 28.0. The average molecular weight is 312 g/mol. The summed E-state index contributed by atoms with van der Waals surface area (Å²) in [6.45, 7) is 5.70. The summed E-state index contributed by atoms with van der Waals surface area (Å²) in [5.74, 6) is -0.285. The van der Waals surface area contributed by atoms with Crippen LogP contribution in [0.3, 0.4) is 0 Å². The maximum absolute atomic E-state index is 11.8. The van der Waals surface area contributed by atoms with E-state index in [9.17, 15) is 9.59 Å². The molecule has 1 aliphatic heterocycles. The number of carbonyl (C=O) groups is 2. The third-order valence-corrected chi connectivity index (χ3v) is 4.33. The Hall–Kier alpha value is -1.47. The monoisotopic (exact) mass is 312 g/mol. The molecule has 1 unspecified atom stereocenters. The number of rotatable bonds is 6. The Labute approximate surface area is 127 Å². The van der Waals surface area contributed by atoms with Crippen molar-refractivity contribution in [1.29, 1.82) is 0 Å². The van der Waals surface area contributed by atoms with Crippen LogP contribution >= 0.6 is 11.3 Å². The van der Waals surface area contributed by atoms with Gasteiger partial charge in [-0.15, -0.1) is 0 Å². The Morgan fingerprint density at radius 1 is 1.52 bits per heavy atom. The third-order valence-electron chi connectivity index (χ3n) is 3.21. The fourth-order valence-corrected chi connectivity index (χ4v) is 3.03. The molecule has 1 aromatic rings. The molecular weight excluding hydrogens is 292 g/mol. The van der Waals surface area contributed by atoms with E-state index in [-0.39, 0.29) is 18.1 Å². The summed E-state index contributed by atoms with van der Waals surface area (Å²) in [7, 11) is 0. The number of ketones is 1. The van der Waals surface area contributed by atoms with Gasteiger partial charge in [0.1, 0.15) is 4.88 Å². The quantitative estimate of drug-likeness (QED) is 0.642. The Morgan fingerprint density at radius 3 is 2.95 bits per heavy atom. The van der Waals surface area contributed by atoms with Gasteiger partial charge in [0.05, 0.1) is 13.2 Å². The molecule has 0 aromatic carbocycles.